The Morgan fingerprint density at radius 1 is 1.32 bits per heavy atom. The summed E-state index contributed by atoms with van der Waals surface area (Å²) in [6.07, 6.45) is 4.85. The van der Waals surface area contributed by atoms with Gasteiger partial charge in [-0.3, -0.25) is 9.59 Å². The van der Waals surface area contributed by atoms with E-state index in [9.17, 15) is 14.7 Å². The summed E-state index contributed by atoms with van der Waals surface area (Å²) >= 11 is 0. The summed E-state index contributed by atoms with van der Waals surface area (Å²) in [6.45, 7) is 4.75. The maximum atomic E-state index is 12.1. The number of carboxylic acids is 1. The van der Waals surface area contributed by atoms with Crippen molar-refractivity contribution in [2.24, 2.45) is 23.7 Å². The van der Waals surface area contributed by atoms with Gasteiger partial charge in [0.25, 0.3) is 0 Å². The summed E-state index contributed by atoms with van der Waals surface area (Å²) in [5.74, 6) is -1.91. The number of hydrogen-bond acceptors (Lipinski definition) is 3. The van der Waals surface area contributed by atoms with E-state index in [0.717, 1.165) is 6.42 Å². The second-order valence-corrected chi connectivity index (χ2v) is 5.55. The highest BCUT2D eigenvalue weighted by Crippen LogP contribution is 2.48. The molecule has 0 spiro atoms. The zero-order valence-corrected chi connectivity index (χ0v) is 11.3. The van der Waals surface area contributed by atoms with Crippen LogP contribution in [0, 0.1) is 23.7 Å². The normalized spacial score (nSPS) is 31.9. The Hall–Kier alpha value is -1.36. The van der Waals surface area contributed by atoms with Crippen molar-refractivity contribution >= 4 is 11.9 Å². The molecule has 0 aromatic rings. The molecule has 1 amide bonds. The number of amides is 1. The molecule has 0 saturated heterocycles. The summed E-state index contributed by atoms with van der Waals surface area (Å²) in [7, 11) is 0. The Morgan fingerprint density at radius 2 is 1.95 bits per heavy atom. The van der Waals surface area contributed by atoms with E-state index in [1.54, 1.807) is 0 Å². The predicted octanol–water partition coefficient (Wildman–Crippen LogP) is 1.05. The van der Waals surface area contributed by atoms with Gasteiger partial charge in [0.2, 0.25) is 5.91 Å². The fraction of sp³-hybridized carbons (Fsp3) is 0.714. The molecule has 2 aliphatic rings. The Kier molecular flexibility index (Phi) is 4.24. The van der Waals surface area contributed by atoms with E-state index in [0.29, 0.717) is 13.2 Å². The Bertz CT molecular complexity index is 391. The van der Waals surface area contributed by atoms with Crippen molar-refractivity contribution in [3.05, 3.63) is 12.2 Å². The van der Waals surface area contributed by atoms with Gasteiger partial charge in [0.15, 0.2) is 0 Å². The predicted molar refractivity (Wildman–Crippen MR) is 69.5 cm³/mol. The number of rotatable bonds is 6. The molecule has 0 radical (unpaired) electrons. The molecule has 2 unspecified atom stereocenters. The van der Waals surface area contributed by atoms with Gasteiger partial charge in [-0.25, -0.2) is 0 Å². The van der Waals surface area contributed by atoms with E-state index < -0.39 is 17.8 Å². The topological polar surface area (TPSA) is 75.6 Å². The van der Waals surface area contributed by atoms with Crippen LogP contribution in [0.4, 0.5) is 0 Å². The van der Waals surface area contributed by atoms with Crippen molar-refractivity contribution in [1.29, 1.82) is 0 Å². The van der Waals surface area contributed by atoms with Gasteiger partial charge in [-0.2, -0.15) is 0 Å². The maximum absolute atomic E-state index is 12.1. The Labute approximate surface area is 113 Å². The molecule has 0 aromatic heterocycles. The van der Waals surface area contributed by atoms with E-state index in [2.05, 4.69) is 5.32 Å². The summed E-state index contributed by atoms with van der Waals surface area (Å²) in [4.78, 5) is 23.4. The van der Waals surface area contributed by atoms with Crippen molar-refractivity contribution in [2.75, 3.05) is 13.2 Å². The molecule has 19 heavy (non-hydrogen) atoms. The molecule has 106 valence electrons. The van der Waals surface area contributed by atoms with Gasteiger partial charge >= 0.3 is 5.97 Å². The number of carbonyl (C=O) groups is 2. The summed E-state index contributed by atoms with van der Waals surface area (Å²) in [6, 6.07) is 0. The average molecular weight is 267 g/mol. The van der Waals surface area contributed by atoms with E-state index in [4.69, 9.17) is 4.74 Å². The van der Waals surface area contributed by atoms with Gasteiger partial charge < -0.3 is 15.2 Å². The van der Waals surface area contributed by atoms with Crippen LogP contribution in [0.1, 0.15) is 20.3 Å². The van der Waals surface area contributed by atoms with Crippen molar-refractivity contribution in [3.8, 4) is 0 Å². The molecule has 2 rings (SSSR count). The van der Waals surface area contributed by atoms with Crippen LogP contribution in [0.25, 0.3) is 0 Å². The summed E-state index contributed by atoms with van der Waals surface area (Å²) in [5.41, 5.74) is 0. The average Bonchev–Trinajstić information content (AvgIpc) is 2.93. The number of hydrogen-bond donors (Lipinski definition) is 2. The van der Waals surface area contributed by atoms with E-state index >= 15 is 0 Å². The minimum Gasteiger partial charge on any atom is -0.481 e. The van der Waals surface area contributed by atoms with Crippen LogP contribution in [0.5, 0.6) is 0 Å². The molecule has 2 N–H and O–H groups in total. The molecule has 5 nitrogen and oxygen atoms in total. The van der Waals surface area contributed by atoms with E-state index in [1.807, 2.05) is 26.0 Å². The van der Waals surface area contributed by atoms with Crippen LogP contribution in [0.2, 0.25) is 0 Å². The van der Waals surface area contributed by atoms with Crippen molar-refractivity contribution in [2.45, 2.75) is 26.4 Å². The first-order valence-corrected chi connectivity index (χ1v) is 6.81. The van der Waals surface area contributed by atoms with Crippen LogP contribution in [0.3, 0.4) is 0 Å². The van der Waals surface area contributed by atoms with Gasteiger partial charge in [-0.15, -0.1) is 0 Å². The fourth-order valence-corrected chi connectivity index (χ4v) is 3.10. The number of nitrogens with one attached hydrogen (secondary N) is 1. The highest BCUT2D eigenvalue weighted by molar-refractivity contribution is 5.86. The van der Waals surface area contributed by atoms with Crippen LogP contribution < -0.4 is 5.32 Å². The number of carboxylic acid groups (broad SMARTS) is 1. The van der Waals surface area contributed by atoms with Crippen LogP contribution in [-0.2, 0) is 14.3 Å². The second kappa shape index (κ2) is 5.74. The third kappa shape index (κ3) is 2.97. The minimum absolute atomic E-state index is 0.0187. The number of carbonyl (C=O) groups excluding carboxylic acids is 1. The van der Waals surface area contributed by atoms with Crippen molar-refractivity contribution in [1.82, 2.24) is 5.32 Å². The maximum Gasteiger partial charge on any atom is 0.307 e. The molecule has 5 heteroatoms. The van der Waals surface area contributed by atoms with Gasteiger partial charge in [-0.1, -0.05) is 12.2 Å². The van der Waals surface area contributed by atoms with Crippen molar-refractivity contribution < 1.29 is 19.4 Å². The first-order chi connectivity index (χ1) is 9.00. The fourth-order valence-electron chi connectivity index (χ4n) is 3.10. The first-order valence-electron chi connectivity index (χ1n) is 6.81. The highest BCUT2D eigenvalue weighted by Gasteiger charge is 2.51. The quantitative estimate of drug-likeness (QED) is 0.557. The molecule has 4 atom stereocenters. The lowest BCUT2D eigenvalue weighted by molar-refractivity contribution is -0.147. The standard InChI is InChI=1S/C14H21NO4/c1-8(2)19-6-5-15-13(16)11-9-3-4-10(7-9)12(11)14(17)18/h3-4,8-12H,5-7H2,1-2H3,(H,15,16)(H,17,18)/t9?,10?,11-,12+/m0/s1. The molecule has 0 aliphatic heterocycles. The van der Waals surface area contributed by atoms with E-state index in [-0.39, 0.29) is 23.8 Å². The third-order valence-electron chi connectivity index (χ3n) is 3.90. The third-order valence-corrected chi connectivity index (χ3v) is 3.90. The van der Waals surface area contributed by atoms with Crippen LogP contribution in [-0.4, -0.2) is 36.2 Å². The van der Waals surface area contributed by atoms with Gasteiger partial charge in [0.05, 0.1) is 24.5 Å². The Morgan fingerprint density at radius 3 is 2.53 bits per heavy atom. The van der Waals surface area contributed by atoms with Gasteiger partial charge in [0, 0.05) is 6.54 Å². The molecule has 2 bridgehead atoms. The first kappa shape index (κ1) is 14.1. The lowest BCUT2D eigenvalue weighted by Gasteiger charge is -2.23. The molecule has 0 aromatic carbocycles. The molecule has 1 saturated carbocycles. The molecule has 1 fully saturated rings. The SMILES string of the molecule is CC(C)OCCNC(=O)[C@H]1C2C=CC(C2)[C@H]1C(=O)O. The number of aliphatic carboxylic acids is 1. The molecular weight excluding hydrogens is 246 g/mol. The summed E-state index contributed by atoms with van der Waals surface area (Å²) < 4.78 is 5.35. The minimum atomic E-state index is -0.865. The number of allylic oxidation sites excluding steroid dienone is 2. The molecule has 0 heterocycles. The monoisotopic (exact) mass is 267 g/mol. The smallest absolute Gasteiger partial charge is 0.307 e. The second-order valence-electron chi connectivity index (χ2n) is 5.55. The number of ether oxygens (including phenoxy) is 1. The van der Waals surface area contributed by atoms with Crippen LogP contribution in [0.15, 0.2) is 12.2 Å². The molecular formula is C14H21NO4. The highest BCUT2D eigenvalue weighted by atomic mass is 16.5. The Balaban J connectivity index is 1.88. The zero-order valence-electron chi connectivity index (χ0n) is 11.3. The van der Waals surface area contributed by atoms with Gasteiger partial charge in [-0.05, 0) is 32.1 Å². The van der Waals surface area contributed by atoms with E-state index in [1.165, 1.54) is 0 Å². The largest absolute Gasteiger partial charge is 0.481 e. The van der Waals surface area contributed by atoms with Crippen molar-refractivity contribution in [3.63, 3.8) is 0 Å². The van der Waals surface area contributed by atoms with Gasteiger partial charge in [0.1, 0.15) is 0 Å². The number of fused-ring (bicyclic) bond motifs is 2. The summed E-state index contributed by atoms with van der Waals surface area (Å²) in [5, 5.41) is 12.0. The lowest BCUT2D eigenvalue weighted by Crippen LogP contribution is -2.41. The van der Waals surface area contributed by atoms with Crippen LogP contribution >= 0.6 is 0 Å². The zero-order chi connectivity index (χ0) is 14.0. The lowest BCUT2D eigenvalue weighted by atomic mass is 9.82. The molecule has 2 aliphatic carbocycles.